The number of aromatic nitrogens is 1. The van der Waals surface area contributed by atoms with Crippen molar-refractivity contribution in [3.63, 3.8) is 0 Å². The molecule has 0 aliphatic heterocycles. The highest BCUT2D eigenvalue weighted by atomic mass is 16.5. The van der Waals surface area contributed by atoms with Crippen LogP contribution in [-0.2, 0) is 6.54 Å². The maximum Gasteiger partial charge on any atom is 0.150 e. The molecule has 0 bridgehead atoms. The van der Waals surface area contributed by atoms with E-state index in [1.165, 1.54) is 0 Å². The van der Waals surface area contributed by atoms with Gasteiger partial charge in [-0.1, -0.05) is 5.16 Å². The largest absolute Gasteiger partial charge is 0.390 e. The Hall–Kier alpha value is -0.870. The van der Waals surface area contributed by atoms with Gasteiger partial charge in [-0.25, -0.2) is 0 Å². The molecule has 4 nitrogen and oxygen atoms in total. The molecule has 0 aliphatic carbocycles. The monoisotopic (exact) mass is 198 g/mol. The molecule has 0 aliphatic rings. The predicted octanol–water partition coefficient (Wildman–Crippen LogP) is 1.23. The van der Waals surface area contributed by atoms with Gasteiger partial charge in [-0.15, -0.1) is 0 Å². The lowest BCUT2D eigenvalue weighted by Crippen LogP contribution is -2.26. The lowest BCUT2D eigenvalue weighted by molar-refractivity contribution is 0.0709. The minimum absolute atomic E-state index is 0.607. The topological polar surface area (TPSA) is 58.3 Å². The van der Waals surface area contributed by atoms with Gasteiger partial charge in [0.1, 0.15) is 0 Å². The molecule has 0 saturated carbocycles. The third kappa shape index (κ3) is 4.39. The van der Waals surface area contributed by atoms with E-state index in [1.807, 2.05) is 13.0 Å². The Morgan fingerprint density at radius 1 is 1.57 bits per heavy atom. The molecule has 1 aromatic rings. The van der Waals surface area contributed by atoms with Crippen molar-refractivity contribution in [1.29, 1.82) is 0 Å². The second-order valence-electron chi connectivity index (χ2n) is 4.17. The Bertz CT molecular complexity index is 276. The highest BCUT2D eigenvalue weighted by molar-refractivity contribution is 5.02. The van der Waals surface area contributed by atoms with Crippen molar-refractivity contribution in [3.05, 3.63) is 17.5 Å². The fourth-order valence-corrected chi connectivity index (χ4v) is 1.11. The van der Waals surface area contributed by atoms with E-state index in [-0.39, 0.29) is 0 Å². The van der Waals surface area contributed by atoms with Crippen LogP contribution in [0.5, 0.6) is 0 Å². The molecule has 0 radical (unpaired) electrons. The molecule has 1 heterocycles. The van der Waals surface area contributed by atoms with Gasteiger partial charge in [-0.05, 0) is 33.7 Å². The molecular weight excluding hydrogens is 180 g/mol. The first kappa shape index (κ1) is 11.2. The van der Waals surface area contributed by atoms with Crippen LogP contribution in [0.1, 0.15) is 31.7 Å². The number of aliphatic hydroxyl groups is 1. The minimum atomic E-state index is -0.607. The zero-order chi connectivity index (χ0) is 10.6. The molecule has 80 valence electrons. The predicted molar refractivity (Wildman–Crippen MR) is 53.9 cm³/mol. The van der Waals surface area contributed by atoms with Crippen LogP contribution in [0.4, 0.5) is 0 Å². The first-order chi connectivity index (χ1) is 6.47. The average Bonchev–Trinajstić information content (AvgIpc) is 2.44. The van der Waals surface area contributed by atoms with E-state index >= 15 is 0 Å². The number of rotatable bonds is 5. The van der Waals surface area contributed by atoms with Crippen LogP contribution >= 0.6 is 0 Å². The van der Waals surface area contributed by atoms with Crippen molar-refractivity contribution in [3.8, 4) is 0 Å². The highest BCUT2D eigenvalue weighted by Crippen LogP contribution is 2.06. The average molecular weight is 198 g/mol. The zero-order valence-corrected chi connectivity index (χ0v) is 9.00. The van der Waals surface area contributed by atoms with Crippen LogP contribution < -0.4 is 5.32 Å². The second kappa shape index (κ2) is 4.57. The van der Waals surface area contributed by atoms with Crippen molar-refractivity contribution >= 4 is 0 Å². The Labute approximate surface area is 84.3 Å². The van der Waals surface area contributed by atoms with E-state index in [2.05, 4.69) is 10.5 Å². The fraction of sp³-hybridized carbons (Fsp3) is 0.700. The molecule has 1 aromatic heterocycles. The van der Waals surface area contributed by atoms with Gasteiger partial charge in [0, 0.05) is 6.07 Å². The molecule has 0 spiro atoms. The first-order valence-corrected chi connectivity index (χ1v) is 4.83. The van der Waals surface area contributed by atoms with E-state index in [1.54, 1.807) is 13.8 Å². The van der Waals surface area contributed by atoms with E-state index in [0.29, 0.717) is 6.54 Å². The lowest BCUT2D eigenvalue weighted by Gasteiger charge is -2.16. The van der Waals surface area contributed by atoms with Gasteiger partial charge in [0.2, 0.25) is 0 Å². The second-order valence-corrected chi connectivity index (χ2v) is 4.17. The lowest BCUT2D eigenvalue weighted by atomic mass is 10.1. The van der Waals surface area contributed by atoms with Crippen LogP contribution in [0, 0.1) is 6.92 Å². The van der Waals surface area contributed by atoms with Crippen molar-refractivity contribution in [2.75, 3.05) is 6.54 Å². The van der Waals surface area contributed by atoms with Crippen LogP contribution in [0.15, 0.2) is 10.6 Å². The van der Waals surface area contributed by atoms with Gasteiger partial charge in [0.15, 0.2) is 5.76 Å². The standard InChI is InChI=1S/C10H18N2O2/c1-8-6-9(14-12-8)7-11-5-4-10(2,3)13/h6,11,13H,4-5,7H2,1-3H3. The van der Waals surface area contributed by atoms with Crippen molar-refractivity contribution in [2.45, 2.75) is 39.3 Å². The fourth-order valence-electron chi connectivity index (χ4n) is 1.11. The smallest absolute Gasteiger partial charge is 0.150 e. The van der Waals surface area contributed by atoms with Gasteiger partial charge in [-0.2, -0.15) is 0 Å². The molecule has 4 heteroatoms. The summed E-state index contributed by atoms with van der Waals surface area (Å²) in [5, 5.41) is 16.4. The molecule has 1 rings (SSSR count). The molecule has 0 amide bonds. The first-order valence-electron chi connectivity index (χ1n) is 4.83. The number of nitrogens with zero attached hydrogens (tertiary/aromatic N) is 1. The summed E-state index contributed by atoms with van der Waals surface area (Å²) in [6.07, 6.45) is 0.722. The number of nitrogens with one attached hydrogen (secondary N) is 1. The zero-order valence-electron chi connectivity index (χ0n) is 9.00. The Morgan fingerprint density at radius 2 is 2.29 bits per heavy atom. The van der Waals surface area contributed by atoms with Crippen LogP contribution in [-0.4, -0.2) is 22.4 Å². The van der Waals surface area contributed by atoms with E-state index in [4.69, 9.17) is 4.52 Å². The molecule has 0 saturated heterocycles. The molecule has 0 fully saturated rings. The van der Waals surface area contributed by atoms with Gasteiger partial charge < -0.3 is 14.9 Å². The molecular formula is C10H18N2O2. The van der Waals surface area contributed by atoms with E-state index < -0.39 is 5.60 Å². The summed E-state index contributed by atoms with van der Waals surface area (Å²) >= 11 is 0. The number of hydrogen-bond donors (Lipinski definition) is 2. The SMILES string of the molecule is Cc1cc(CNCCC(C)(C)O)on1. The van der Waals surface area contributed by atoms with Crippen molar-refractivity contribution in [1.82, 2.24) is 10.5 Å². The molecule has 2 N–H and O–H groups in total. The van der Waals surface area contributed by atoms with Crippen LogP contribution in [0.2, 0.25) is 0 Å². The maximum atomic E-state index is 9.44. The highest BCUT2D eigenvalue weighted by Gasteiger charge is 2.11. The summed E-state index contributed by atoms with van der Waals surface area (Å²) in [4.78, 5) is 0. The van der Waals surface area contributed by atoms with E-state index in [0.717, 1.165) is 24.4 Å². The Morgan fingerprint density at radius 3 is 2.79 bits per heavy atom. The summed E-state index contributed by atoms with van der Waals surface area (Å²) in [7, 11) is 0. The van der Waals surface area contributed by atoms with Gasteiger partial charge >= 0.3 is 0 Å². The maximum absolute atomic E-state index is 9.44. The summed E-state index contributed by atoms with van der Waals surface area (Å²) in [5.41, 5.74) is 0.286. The third-order valence-electron chi connectivity index (χ3n) is 1.89. The number of aryl methyl sites for hydroxylation is 1. The summed E-state index contributed by atoms with van der Waals surface area (Å²) in [6, 6.07) is 1.90. The molecule has 0 atom stereocenters. The molecule has 0 unspecified atom stereocenters. The molecule has 14 heavy (non-hydrogen) atoms. The van der Waals surface area contributed by atoms with Gasteiger partial charge in [0.25, 0.3) is 0 Å². The minimum Gasteiger partial charge on any atom is -0.390 e. The normalized spacial score (nSPS) is 12.0. The molecule has 0 aromatic carbocycles. The summed E-state index contributed by atoms with van der Waals surface area (Å²) in [6.45, 7) is 6.92. The summed E-state index contributed by atoms with van der Waals surface area (Å²) < 4.78 is 5.02. The van der Waals surface area contributed by atoms with Crippen molar-refractivity contribution in [2.24, 2.45) is 0 Å². The van der Waals surface area contributed by atoms with E-state index in [9.17, 15) is 5.11 Å². The summed E-state index contributed by atoms with van der Waals surface area (Å²) in [5.74, 6) is 0.832. The van der Waals surface area contributed by atoms with Gasteiger partial charge in [0.05, 0.1) is 17.8 Å². The number of hydrogen-bond acceptors (Lipinski definition) is 4. The Balaban J connectivity index is 2.16. The van der Waals surface area contributed by atoms with Crippen LogP contribution in [0.3, 0.4) is 0 Å². The van der Waals surface area contributed by atoms with Crippen LogP contribution in [0.25, 0.3) is 0 Å². The van der Waals surface area contributed by atoms with Crippen molar-refractivity contribution < 1.29 is 9.63 Å². The quantitative estimate of drug-likeness (QED) is 0.699. The third-order valence-corrected chi connectivity index (χ3v) is 1.89. The van der Waals surface area contributed by atoms with Gasteiger partial charge in [-0.3, -0.25) is 0 Å². The Kier molecular flexibility index (Phi) is 3.66.